The Morgan fingerprint density at radius 2 is 2.29 bits per heavy atom. The molecule has 0 saturated heterocycles. The van der Waals surface area contributed by atoms with Crippen LogP contribution in [-0.2, 0) is 11.2 Å². The van der Waals surface area contributed by atoms with E-state index in [-0.39, 0.29) is 23.9 Å². The SMILES string of the molecule is CC(C)C(N)C(=O)N1CCc2sccc2C1C. The van der Waals surface area contributed by atoms with Crippen molar-refractivity contribution in [3.05, 3.63) is 21.9 Å². The number of carbonyl (C=O) groups excluding carboxylic acids is 1. The van der Waals surface area contributed by atoms with Crippen LogP contribution in [0.4, 0.5) is 0 Å². The van der Waals surface area contributed by atoms with Crippen LogP contribution in [0.1, 0.15) is 37.3 Å². The minimum absolute atomic E-state index is 0.0874. The highest BCUT2D eigenvalue weighted by molar-refractivity contribution is 7.10. The van der Waals surface area contributed by atoms with Gasteiger partial charge in [0.2, 0.25) is 5.91 Å². The molecule has 2 unspecified atom stereocenters. The lowest BCUT2D eigenvalue weighted by molar-refractivity contribution is -0.136. The van der Waals surface area contributed by atoms with Crippen LogP contribution in [0, 0.1) is 5.92 Å². The molecule has 0 bridgehead atoms. The molecule has 1 aromatic heterocycles. The number of nitrogens with two attached hydrogens (primary N) is 1. The van der Waals surface area contributed by atoms with Crippen LogP contribution < -0.4 is 5.73 Å². The number of hydrogen-bond donors (Lipinski definition) is 1. The molecule has 0 spiro atoms. The maximum Gasteiger partial charge on any atom is 0.240 e. The average Bonchev–Trinajstić information content (AvgIpc) is 2.76. The second-order valence-electron chi connectivity index (χ2n) is 5.03. The fraction of sp³-hybridized carbons (Fsp3) is 0.615. The molecule has 0 saturated carbocycles. The molecule has 3 nitrogen and oxygen atoms in total. The molecule has 4 heteroatoms. The Bertz CT molecular complexity index is 413. The van der Waals surface area contributed by atoms with Gasteiger partial charge in [-0.3, -0.25) is 4.79 Å². The van der Waals surface area contributed by atoms with Gasteiger partial charge in [0.1, 0.15) is 0 Å². The van der Waals surface area contributed by atoms with E-state index in [1.165, 1.54) is 10.4 Å². The third kappa shape index (κ3) is 2.24. The summed E-state index contributed by atoms with van der Waals surface area (Å²) in [6.07, 6.45) is 0.966. The molecular weight excluding hydrogens is 232 g/mol. The Hall–Kier alpha value is -0.870. The zero-order chi connectivity index (χ0) is 12.6. The van der Waals surface area contributed by atoms with E-state index in [2.05, 4.69) is 18.4 Å². The highest BCUT2D eigenvalue weighted by atomic mass is 32.1. The molecule has 0 fully saturated rings. The molecule has 0 aliphatic carbocycles. The van der Waals surface area contributed by atoms with Crippen molar-refractivity contribution in [2.75, 3.05) is 6.54 Å². The van der Waals surface area contributed by atoms with E-state index in [1.807, 2.05) is 18.7 Å². The predicted octanol–water partition coefficient (Wildman–Crippen LogP) is 2.18. The van der Waals surface area contributed by atoms with Gasteiger partial charge in [-0.05, 0) is 36.3 Å². The predicted molar refractivity (Wildman–Crippen MR) is 71.0 cm³/mol. The second-order valence-corrected chi connectivity index (χ2v) is 6.03. The van der Waals surface area contributed by atoms with E-state index >= 15 is 0 Å². The van der Waals surface area contributed by atoms with E-state index in [0.29, 0.717) is 0 Å². The number of fused-ring (bicyclic) bond motifs is 1. The molecule has 1 aliphatic rings. The van der Waals surface area contributed by atoms with Gasteiger partial charge in [-0.2, -0.15) is 0 Å². The summed E-state index contributed by atoms with van der Waals surface area (Å²) in [6, 6.07) is 1.92. The lowest BCUT2D eigenvalue weighted by atomic mass is 9.98. The number of hydrogen-bond acceptors (Lipinski definition) is 3. The van der Waals surface area contributed by atoms with Crippen LogP contribution in [-0.4, -0.2) is 23.4 Å². The summed E-state index contributed by atoms with van der Waals surface area (Å²) >= 11 is 1.79. The maximum absolute atomic E-state index is 12.3. The van der Waals surface area contributed by atoms with E-state index in [0.717, 1.165) is 13.0 Å². The van der Waals surface area contributed by atoms with E-state index in [9.17, 15) is 4.79 Å². The van der Waals surface area contributed by atoms with Gasteiger partial charge in [-0.15, -0.1) is 11.3 Å². The third-order valence-corrected chi connectivity index (χ3v) is 4.56. The first kappa shape index (κ1) is 12.6. The smallest absolute Gasteiger partial charge is 0.240 e. The molecule has 0 radical (unpaired) electrons. The summed E-state index contributed by atoms with van der Waals surface area (Å²) in [5.41, 5.74) is 7.26. The van der Waals surface area contributed by atoms with Crippen LogP contribution in [0.3, 0.4) is 0 Å². The highest BCUT2D eigenvalue weighted by Gasteiger charge is 2.31. The van der Waals surface area contributed by atoms with E-state index < -0.39 is 0 Å². The number of carbonyl (C=O) groups is 1. The Morgan fingerprint density at radius 3 is 2.94 bits per heavy atom. The highest BCUT2D eigenvalue weighted by Crippen LogP contribution is 2.33. The Labute approximate surface area is 107 Å². The fourth-order valence-electron chi connectivity index (χ4n) is 2.29. The van der Waals surface area contributed by atoms with Crippen LogP contribution >= 0.6 is 11.3 Å². The molecule has 2 rings (SSSR count). The largest absolute Gasteiger partial charge is 0.334 e. The van der Waals surface area contributed by atoms with Crippen LogP contribution in [0.2, 0.25) is 0 Å². The van der Waals surface area contributed by atoms with Gasteiger partial charge in [-0.1, -0.05) is 13.8 Å². The van der Waals surface area contributed by atoms with Crippen molar-refractivity contribution in [3.8, 4) is 0 Å². The molecule has 94 valence electrons. The van der Waals surface area contributed by atoms with Crippen LogP contribution in [0.15, 0.2) is 11.4 Å². The second kappa shape index (κ2) is 4.78. The minimum Gasteiger partial charge on any atom is -0.334 e. The van der Waals surface area contributed by atoms with Gasteiger partial charge in [0.15, 0.2) is 0 Å². The van der Waals surface area contributed by atoms with Gasteiger partial charge < -0.3 is 10.6 Å². The average molecular weight is 252 g/mol. The van der Waals surface area contributed by atoms with Gasteiger partial charge in [-0.25, -0.2) is 0 Å². The summed E-state index contributed by atoms with van der Waals surface area (Å²) in [4.78, 5) is 15.6. The quantitative estimate of drug-likeness (QED) is 0.877. The first-order valence-corrected chi connectivity index (χ1v) is 7.02. The van der Waals surface area contributed by atoms with Gasteiger partial charge in [0.25, 0.3) is 0 Å². The summed E-state index contributed by atoms with van der Waals surface area (Å²) in [5, 5.41) is 2.11. The van der Waals surface area contributed by atoms with E-state index in [4.69, 9.17) is 5.73 Å². The van der Waals surface area contributed by atoms with Crippen molar-refractivity contribution >= 4 is 17.2 Å². The molecule has 2 N–H and O–H groups in total. The monoisotopic (exact) mass is 252 g/mol. The zero-order valence-corrected chi connectivity index (χ0v) is 11.5. The lowest BCUT2D eigenvalue weighted by Gasteiger charge is -2.36. The molecular formula is C13H20N2OS. The van der Waals surface area contributed by atoms with E-state index in [1.54, 1.807) is 11.3 Å². The summed E-state index contributed by atoms with van der Waals surface area (Å²) in [6.45, 7) is 6.88. The first-order chi connectivity index (χ1) is 8.02. The number of rotatable bonds is 2. The molecule has 2 heterocycles. The van der Waals surface area contributed by atoms with Crippen molar-refractivity contribution in [3.63, 3.8) is 0 Å². The Balaban J connectivity index is 2.17. The molecule has 1 aromatic rings. The van der Waals surface area contributed by atoms with Crippen LogP contribution in [0.25, 0.3) is 0 Å². The lowest BCUT2D eigenvalue weighted by Crippen LogP contribution is -2.49. The Kier molecular flexibility index (Phi) is 3.54. The third-order valence-electron chi connectivity index (χ3n) is 3.56. The van der Waals surface area contributed by atoms with Crippen LogP contribution in [0.5, 0.6) is 0 Å². The number of thiophene rings is 1. The van der Waals surface area contributed by atoms with Gasteiger partial charge in [0.05, 0.1) is 12.1 Å². The first-order valence-electron chi connectivity index (χ1n) is 6.14. The molecule has 0 aromatic carbocycles. The molecule has 1 amide bonds. The summed E-state index contributed by atoms with van der Waals surface area (Å²) in [5.74, 6) is 0.280. The topological polar surface area (TPSA) is 46.3 Å². The van der Waals surface area contributed by atoms with Crippen molar-refractivity contribution in [2.45, 2.75) is 39.3 Å². The standard InChI is InChI=1S/C13H20N2OS/c1-8(2)12(14)13(16)15-6-4-11-10(9(15)3)5-7-17-11/h5,7-9,12H,4,6,14H2,1-3H3. The molecule has 17 heavy (non-hydrogen) atoms. The van der Waals surface area contributed by atoms with Gasteiger partial charge >= 0.3 is 0 Å². The van der Waals surface area contributed by atoms with Crippen molar-refractivity contribution in [1.29, 1.82) is 0 Å². The number of nitrogens with zero attached hydrogens (tertiary/aromatic N) is 1. The molecule has 2 atom stereocenters. The van der Waals surface area contributed by atoms with Crippen molar-refractivity contribution < 1.29 is 4.79 Å². The summed E-state index contributed by atoms with van der Waals surface area (Å²) < 4.78 is 0. The zero-order valence-electron chi connectivity index (χ0n) is 10.6. The normalized spacial score (nSPS) is 21.5. The summed E-state index contributed by atoms with van der Waals surface area (Å²) in [7, 11) is 0. The fourth-order valence-corrected chi connectivity index (χ4v) is 3.25. The van der Waals surface area contributed by atoms with Crippen molar-refractivity contribution in [2.24, 2.45) is 11.7 Å². The number of amides is 1. The minimum atomic E-state index is -0.377. The Morgan fingerprint density at radius 1 is 1.59 bits per heavy atom. The van der Waals surface area contributed by atoms with Gasteiger partial charge in [0, 0.05) is 11.4 Å². The molecule has 1 aliphatic heterocycles. The van der Waals surface area contributed by atoms with Crippen molar-refractivity contribution in [1.82, 2.24) is 4.90 Å². The maximum atomic E-state index is 12.3.